The number of aliphatic hydroxyl groups is 1. The fraction of sp³-hybridized carbons (Fsp3) is 0.471. The van der Waals surface area contributed by atoms with E-state index >= 15 is 0 Å². The molecule has 0 aliphatic heterocycles. The maximum absolute atomic E-state index is 12.5. The second-order valence-corrected chi connectivity index (χ2v) is 4.88. The predicted molar refractivity (Wildman–Crippen MR) is 81.6 cm³/mol. The van der Waals surface area contributed by atoms with E-state index in [0.29, 0.717) is 5.56 Å². The molecule has 0 unspecified atom stereocenters. The Bertz CT molecular complexity index is 522. The minimum Gasteiger partial charge on any atom is -0.384 e. The molecule has 0 saturated carbocycles. The molecule has 0 radical (unpaired) electrons. The van der Waals surface area contributed by atoms with Gasteiger partial charge >= 0.3 is 0 Å². The minimum atomic E-state index is -0.175. The van der Waals surface area contributed by atoms with Gasteiger partial charge in [-0.2, -0.15) is 0 Å². The number of carbonyl (C=O) groups is 1. The van der Waals surface area contributed by atoms with Crippen LogP contribution in [0.2, 0.25) is 0 Å². The first-order valence-corrected chi connectivity index (χ1v) is 7.02. The van der Waals surface area contributed by atoms with Crippen LogP contribution in [-0.4, -0.2) is 35.6 Å². The first kappa shape index (κ1) is 16.3. The summed E-state index contributed by atoms with van der Waals surface area (Å²) in [6, 6.07) is 5.80. The molecule has 0 bridgehead atoms. The van der Waals surface area contributed by atoms with Crippen LogP contribution in [0.1, 0.15) is 48.2 Å². The molecule has 3 heteroatoms. The number of hydrogen-bond acceptors (Lipinski definition) is 2. The van der Waals surface area contributed by atoms with Crippen LogP contribution in [0.25, 0.3) is 0 Å². The Kier molecular flexibility index (Phi) is 6.27. The summed E-state index contributed by atoms with van der Waals surface area (Å²) in [4.78, 5) is 14.3. The van der Waals surface area contributed by atoms with Crippen molar-refractivity contribution in [3.05, 3.63) is 34.9 Å². The van der Waals surface area contributed by atoms with Gasteiger partial charge in [-0.1, -0.05) is 31.8 Å². The van der Waals surface area contributed by atoms with Gasteiger partial charge in [0.05, 0.1) is 0 Å². The van der Waals surface area contributed by atoms with Gasteiger partial charge < -0.3 is 10.0 Å². The van der Waals surface area contributed by atoms with E-state index in [1.54, 1.807) is 11.0 Å². The van der Waals surface area contributed by atoms with E-state index in [9.17, 15) is 4.79 Å². The summed E-state index contributed by atoms with van der Waals surface area (Å²) >= 11 is 0. The van der Waals surface area contributed by atoms with Gasteiger partial charge in [-0.25, -0.2) is 0 Å². The lowest BCUT2D eigenvalue weighted by Gasteiger charge is -2.26. The number of amides is 1. The lowest BCUT2D eigenvalue weighted by atomic mass is 10.0. The summed E-state index contributed by atoms with van der Waals surface area (Å²) in [6.45, 7) is 5.95. The lowest BCUT2D eigenvalue weighted by Crippen LogP contribution is -2.36. The van der Waals surface area contributed by atoms with Crippen LogP contribution in [0.5, 0.6) is 0 Å². The van der Waals surface area contributed by atoms with Crippen LogP contribution in [0.15, 0.2) is 18.2 Å². The summed E-state index contributed by atoms with van der Waals surface area (Å²) in [7, 11) is 1.85. The standard InChI is InChI=1S/C17H23NO2/c1-5-16(6-2)18(4)17(20)15-10-9-13(3)14(12-15)8-7-11-19/h9-10,12,16,19H,5-6,11H2,1-4H3. The highest BCUT2D eigenvalue weighted by atomic mass is 16.2. The highest BCUT2D eigenvalue weighted by Crippen LogP contribution is 2.15. The van der Waals surface area contributed by atoms with Crippen molar-refractivity contribution in [2.24, 2.45) is 0 Å². The summed E-state index contributed by atoms with van der Waals surface area (Å²) in [5, 5.41) is 8.77. The maximum atomic E-state index is 12.5. The molecule has 0 fully saturated rings. The molecule has 1 N–H and O–H groups in total. The van der Waals surface area contributed by atoms with Crippen molar-refractivity contribution in [1.82, 2.24) is 4.90 Å². The molecule has 1 aromatic carbocycles. The van der Waals surface area contributed by atoms with Crippen LogP contribution in [-0.2, 0) is 0 Å². The number of rotatable bonds is 4. The van der Waals surface area contributed by atoms with Gasteiger partial charge in [0.25, 0.3) is 5.91 Å². The summed E-state index contributed by atoms with van der Waals surface area (Å²) in [6.07, 6.45) is 1.89. The summed E-state index contributed by atoms with van der Waals surface area (Å²) < 4.78 is 0. The van der Waals surface area contributed by atoms with Crippen LogP contribution in [0.3, 0.4) is 0 Å². The van der Waals surface area contributed by atoms with Crippen molar-refractivity contribution in [2.75, 3.05) is 13.7 Å². The zero-order valence-corrected chi connectivity index (χ0v) is 12.7. The molecule has 0 aromatic heterocycles. The summed E-state index contributed by atoms with van der Waals surface area (Å²) in [5.74, 6) is 5.53. The molecule has 1 aromatic rings. The van der Waals surface area contributed by atoms with Gasteiger partial charge in [0.15, 0.2) is 0 Å². The Morgan fingerprint density at radius 3 is 2.55 bits per heavy atom. The quantitative estimate of drug-likeness (QED) is 0.857. The molecule has 20 heavy (non-hydrogen) atoms. The molecule has 3 nitrogen and oxygen atoms in total. The molecule has 0 aliphatic carbocycles. The third-order valence-electron chi connectivity index (χ3n) is 3.60. The van der Waals surface area contributed by atoms with Crippen molar-refractivity contribution in [1.29, 1.82) is 0 Å². The number of carbonyl (C=O) groups excluding carboxylic acids is 1. The molecular weight excluding hydrogens is 250 g/mol. The predicted octanol–water partition coefficient (Wildman–Crippen LogP) is 2.60. The molecule has 1 amide bonds. The molecular formula is C17H23NO2. The first-order chi connectivity index (χ1) is 9.54. The monoisotopic (exact) mass is 273 g/mol. The van der Waals surface area contributed by atoms with E-state index in [4.69, 9.17) is 5.11 Å². The number of aryl methyl sites for hydroxylation is 1. The van der Waals surface area contributed by atoms with Gasteiger partial charge in [0.1, 0.15) is 6.61 Å². The number of nitrogens with zero attached hydrogens (tertiary/aromatic N) is 1. The van der Waals surface area contributed by atoms with E-state index in [0.717, 1.165) is 24.0 Å². The Labute approximate surface area is 121 Å². The van der Waals surface area contributed by atoms with E-state index in [2.05, 4.69) is 25.7 Å². The van der Waals surface area contributed by atoms with Crippen LogP contribution in [0.4, 0.5) is 0 Å². The SMILES string of the molecule is CCC(CC)N(C)C(=O)c1ccc(C)c(C#CCO)c1. The second kappa shape index (κ2) is 7.72. The Balaban J connectivity index is 3.05. The maximum Gasteiger partial charge on any atom is 0.253 e. The van der Waals surface area contributed by atoms with Gasteiger partial charge in [-0.3, -0.25) is 4.79 Å². The Morgan fingerprint density at radius 1 is 1.35 bits per heavy atom. The van der Waals surface area contributed by atoms with Crippen LogP contribution >= 0.6 is 0 Å². The largest absolute Gasteiger partial charge is 0.384 e. The molecule has 1 rings (SSSR count). The molecule has 0 heterocycles. The molecule has 108 valence electrons. The lowest BCUT2D eigenvalue weighted by molar-refractivity contribution is 0.0723. The third-order valence-corrected chi connectivity index (χ3v) is 3.60. The van der Waals surface area contributed by atoms with Gasteiger partial charge in [-0.15, -0.1) is 0 Å². The van der Waals surface area contributed by atoms with Crippen LogP contribution < -0.4 is 0 Å². The van der Waals surface area contributed by atoms with Crippen molar-refractivity contribution >= 4 is 5.91 Å². The van der Waals surface area contributed by atoms with Crippen molar-refractivity contribution in [3.63, 3.8) is 0 Å². The van der Waals surface area contributed by atoms with Gasteiger partial charge in [-0.05, 0) is 37.5 Å². The van der Waals surface area contributed by atoms with Crippen LogP contribution in [0, 0.1) is 18.8 Å². The Morgan fingerprint density at radius 2 is 2.00 bits per heavy atom. The smallest absolute Gasteiger partial charge is 0.253 e. The third kappa shape index (κ3) is 3.85. The fourth-order valence-corrected chi connectivity index (χ4v) is 2.23. The first-order valence-electron chi connectivity index (χ1n) is 7.02. The highest BCUT2D eigenvalue weighted by Gasteiger charge is 2.18. The number of benzene rings is 1. The minimum absolute atomic E-state index is 0.0192. The molecule has 0 atom stereocenters. The topological polar surface area (TPSA) is 40.5 Å². The van der Waals surface area contributed by atoms with E-state index in [1.165, 1.54) is 0 Å². The number of aliphatic hydroxyl groups excluding tert-OH is 1. The summed E-state index contributed by atoms with van der Waals surface area (Å²) in [5.41, 5.74) is 2.45. The average Bonchev–Trinajstić information content (AvgIpc) is 2.46. The fourth-order valence-electron chi connectivity index (χ4n) is 2.23. The average molecular weight is 273 g/mol. The van der Waals surface area contributed by atoms with Gasteiger partial charge in [0.2, 0.25) is 0 Å². The van der Waals surface area contributed by atoms with E-state index < -0.39 is 0 Å². The number of hydrogen-bond donors (Lipinski definition) is 1. The molecule has 0 saturated heterocycles. The second-order valence-electron chi connectivity index (χ2n) is 4.88. The van der Waals surface area contributed by atoms with Crippen molar-refractivity contribution < 1.29 is 9.90 Å². The Hall–Kier alpha value is -1.79. The van der Waals surface area contributed by atoms with Gasteiger partial charge in [0, 0.05) is 24.2 Å². The van der Waals surface area contributed by atoms with Crippen molar-refractivity contribution in [3.8, 4) is 11.8 Å². The normalized spacial score (nSPS) is 10.1. The zero-order valence-electron chi connectivity index (χ0n) is 12.7. The molecule has 0 aliphatic rings. The molecule has 0 spiro atoms. The van der Waals surface area contributed by atoms with Crippen molar-refractivity contribution in [2.45, 2.75) is 39.7 Å². The zero-order chi connectivity index (χ0) is 15.1. The van der Waals surface area contributed by atoms with E-state index in [1.807, 2.05) is 26.1 Å². The highest BCUT2D eigenvalue weighted by molar-refractivity contribution is 5.94. The van der Waals surface area contributed by atoms with E-state index in [-0.39, 0.29) is 18.6 Å².